The first-order chi connectivity index (χ1) is 12.1. The number of carbonyl (C=O) groups is 1. The molecular weight excluding hydrogens is 324 g/mol. The number of amides is 1. The maximum absolute atomic E-state index is 12.2. The molecule has 1 amide bonds. The first-order valence-corrected chi connectivity index (χ1v) is 8.37. The van der Waals surface area contributed by atoms with Gasteiger partial charge in [-0.05, 0) is 38.1 Å². The fourth-order valence-electron chi connectivity index (χ4n) is 3.10. The molecule has 1 fully saturated rings. The molecule has 0 spiro atoms. The first-order valence-electron chi connectivity index (χ1n) is 8.37. The monoisotopic (exact) mass is 346 g/mol. The molecule has 3 heterocycles. The molecule has 25 heavy (non-hydrogen) atoms. The topological polar surface area (TPSA) is 89.5 Å². The molecule has 0 aromatic carbocycles. The summed E-state index contributed by atoms with van der Waals surface area (Å²) in [4.78, 5) is 37.9. The van der Waals surface area contributed by atoms with E-state index in [2.05, 4.69) is 10.2 Å². The molecular formula is C17H22N4O4. The lowest BCUT2D eigenvalue weighted by atomic mass is 10.2. The van der Waals surface area contributed by atoms with Crippen molar-refractivity contribution in [2.24, 2.45) is 7.05 Å². The van der Waals surface area contributed by atoms with Gasteiger partial charge in [0.1, 0.15) is 12.3 Å². The normalized spacial score (nSPS) is 16.0. The predicted molar refractivity (Wildman–Crippen MR) is 91.2 cm³/mol. The molecule has 134 valence electrons. The van der Waals surface area contributed by atoms with Crippen molar-refractivity contribution in [2.75, 3.05) is 19.6 Å². The van der Waals surface area contributed by atoms with Gasteiger partial charge in [0.05, 0.1) is 12.3 Å². The Bertz CT molecular complexity index is 831. The quantitative estimate of drug-likeness (QED) is 0.801. The van der Waals surface area contributed by atoms with E-state index >= 15 is 0 Å². The molecule has 8 nitrogen and oxygen atoms in total. The van der Waals surface area contributed by atoms with Crippen molar-refractivity contribution in [1.82, 2.24) is 19.4 Å². The average molecular weight is 346 g/mol. The van der Waals surface area contributed by atoms with Gasteiger partial charge in [0.2, 0.25) is 5.91 Å². The molecule has 2 aromatic rings. The highest BCUT2D eigenvalue weighted by Crippen LogP contribution is 2.24. The minimum atomic E-state index is -0.509. The highest BCUT2D eigenvalue weighted by molar-refractivity contribution is 5.75. The molecule has 1 N–H and O–H groups in total. The van der Waals surface area contributed by atoms with Gasteiger partial charge >= 0.3 is 5.69 Å². The summed E-state index contributed by atoms with van der Waals surface area (Å²) < 4.78 is 7.71. The maximum atomic E-state index is 12.2. The Hall–Kier alpha value is -2.61. The third-order valence-corrected chi connectivity index (χ3v) is 4.52. The van der Waals surface area contributed by atoms with Crippen LogP contribution in [0.15, 0.2) is 44.7 Å². The van der Waals surface area contributed by atoms with E-state index in [1.54, 1.807) is 6.26 Å². The predicted octanol–water partition coefficient (Wildman–Crippen LogP) is 0.0933. The number of rotatable bonds is 6. The summed E-state index contributed by atoms with van der Waals surface area (Å²) in [7, 11) is 1.39. The number of aromatic nitrogens is 2. The zero-order chi connectivity index (χ0) is 17.8. The minimum Gasteiger partial charge on any atom is -0.468 e. The summed E-state index contributed by atoms with van der Waals surface area (Å²) in [6.07, 6.45) is 5.25. The molecule has 1 aliphatic rings. The molecule has 2 aromatic heterocycles. The number of nitrogens with zero attached hydrogens (tertiary/aromatic N) is 3. The van der Waals surface area contributed by atoms with Crippen molar-refractivity contribution < 1.29 is 9.21 Å². The van der Waals surface area contributed by atoms with E-state index in [1.165, 1.54) is 23.9 Å². The zero-order valence-corrected chi connectivity index (χ0v) is 14.2. The van der Waals surface area contributed by atoms with Gasteiger partial charge in [-0.2, -0.15) is 0 Å². The van der Waals surface area contributed by atoms with E-state index in [1.807, 2.05) is 12.1 Å². The molecule has 0 unspecified atom stereocenters. The van der Waals surface area contributed by atoms with Crippen LogP contribution in [0.2, 0.25) is 0 Å². The molecule has 1 atom stereocenters. The SMILES string of the molecule is Cn1c(=O)ccn(CC(=O)NC[C@@H](c2ccco2)N2CCCC2)c1=O. The van der Waals surface area contributed by atoms with Crippen LogP contribution in [0.3, 0.4) is 0 Å². The van der Waals surface area contributed by atoms with Crippen LogP contribution in [0.4, 0.5) is 0 Å². The number of carbonyl (C=O) groups excluding carboxylic acids is 1. The zero-order valence-electron chi connectivity index (χ0n) is 14.2. The smallest absolute Gasteiger partial charge is 0.331 e. The van der Waals surface area contributed by atoms with Gasteiger partial charge in [0.25, 0.3) is 5.56 Å². The number of hydrogen-bond donors (Lipinski definition) is 1. The largest absolute Gasteiger partial charge is 0.468 e. The van der Waals surface area contributed by atoms with E-state index in [4.69, 9.17) is 4.42 Å². The van der Waals surface area contributed by atoms with Gasteiger partial charge < -0.3 is 9.73 Å². The van der Waals surface area contributed by atoms with Gasteiger partial charge in [-0.25, -0.2) is 4.79 Å². The van der Waals surface area contributed by atoms with E-state index in [9.17, 15) is 14.4 Å². The maximum Gasteiger partial charge on any atom is 0.331 e. The Morgan fingerprint density at radius 2 is 2.04 bits per heavy atom. The molecule has 0 bridgehead atoms. The Kier molecular flexibility index (Phi) is 5.18. The van der Waals surface area contributed by atoms with E-state index in [-0.39, 0.29) is 18.5 Å². The highest BCUT2D eigenvalue weighted by atomic mass is 16.3. The molecule has 1 aliphatic heterocycles. The second-order valence-electron chi connectivity index (χ2n) is 6.20. The van der Waals surface area contributed by atoms with Gasteiger partial charge in [0, 0.05) is 25.9 Å². The number of hydrogen-bond acceptors (Lipinski definition) is 5. The second-order valence-corrected chi connectivity index (χ2v) is 6.20. The van der Waals surface area contributed by atoms with Crippen LogP contribution in [0, 0.1) is 0 Å². The molecule has 3 rings (SSSR count). The summed E-state index contributed by atoms with van der Waals surface area (Å²) in [5.74, 6) is 0.540. The lowest BCUT2D eigenvalue weighted by molar-refractivity contribution is -0.122. The van der Waals surface area contributed by atoms with Crippen molar-refractivity contribution >= 4 is 5.91 Å². The highest BCUT2D eigenvalue weighted by Gasteiger charge is 2.25. The van der Waals surface area contributed by atoms with Crippen molar-refractivity contribution in [1.29, 1.82) is 0 Å². The molecule has 0 aliphatic carbocycles. The van der Waals surface area contributed by atoms with Crippen LogP contribution >= 0.6 is 0 Å². The van der Waals surface area contributed by atoms with E-state index in [0.717, 1.165) is 36.3 Å². The van der Waals surface area contributed by atoms with Gasteiger partial charge in [0.15, 0.2) is 0 Å². The summed E-state index contributed by atoms with van der Waals surface area (Å²) in [5.41, 5.74) is -0.904. The van der Waals surface area contributed by atoms with Crippen LogP contribution in [0.1, 0.15) is 24.6 Å². The summed E-state index contributed by atoms with van der Waals surface area (Å²) in [6, 6.07) is 5.00. The molecule has 0 radical (unpaired) electrons. The van der Waals surface area contributed by atoms with Crippen LogP contribution in [-0.4, -0.2) is 39.6 Å². The van der Waals surface area contributed by atoms with Gasteiger partial charge in [-0.1, -0.05) is 0 Å². The Labute approximate surface area is 144 Å². The molecule has 8 heteroatoms. The Morgan fingerprint density at radius 1 is 1.28 bits per heavy atom. The van der Waals surface area contributed by atoms with Crippen LogP contribution in [-0.2, 0) is 18.4 Å². The number of furan rings is 1. The van der Waals surface area contributed by atoms with Crippen molar-refractivity contribution in [3.05, 3.63) is 57.3 Å². The molecule has 0 saturated carbocycles. The third kappa shape index (κ3) is 3.90. The summed E-state index contributed by atoms with van der Waals surface area (Å²) in [6.45, 7) is 2.23. The number of nitrogens with one attached hydrogen (secondary N) is 1. The lowest BCUT2D eigenvalue weighted by Gasteiger charge is -2.26. The lowest BCUT2D eigenvalue weighted by Crippen LogP contribution is -2.42. The summed E-state index contributed by atoms with van der Waals surface area (Å²) >= 11 is 0. The van der Waals surface area contributed by atoms with Crippen molar-refractivity contribution in [3.63, 3.8) is 0 Å². The van der Waals surface area contributed by atoms with Gasteiger partial charge in [-0.3, -0.25) is 23.6 Å². The Morgan fingerprint density at radius 3 is 2.72 bits per heavy atom. The standard InChI is InChI=1S/C17H22N4O4/c1-19-16(23)6-9-21(17(19)24)12-15(22)18-11-13(14-5-4-10-25-14)20-7-2-3-8-20/h4-6,9-10,13H,2-3,7-8,11-12H2,1H3,(H,18,22)/t13-/m0/s1. The van der Waals surface area contributed by atoms with Crippen LogP contribution < -0.4 is 16.6 Å². The molecule has 1 saturated heterocycles. The first kappa shape index (κ1) is 17.2. The number of likely N-dealkylation sites (tertiary alicyclic amines) is 1. The minimum absolute atomic E-state index is 0.0155. The summed E-state index contributed by atoms with van der Waals surface area (Å²) in [5, 5.41) is 2.87. The van der Waals surface area contributed by atoms with Crippen molar-refractivity contribution in [3.8, 4) is 0 Å². The van der Waals surface area contributed by atoms with Crippen LogP contribution in [0.5, 0.6) is 0 Å². The van der Waals surface area contributed by atoms with Gasteiger partial charge in [-0.15, -0.1) is 0 Å². The fourth-order valence-corrected chi connectivity index (χ4v) is 3.10. The van der Waals surface area contributed by atoms with Crippen LogP contribution in [0.25, 0.3) is 0 Å². The fraction of sp³-hybridized carbons (Fsp3) is 0.471. The van der Waals surface area contributed by atoms with E-state index < -0.39 is 11.2 Å². The Balaban J connectivity index is 1.65. The second kappa shape index (κ2) is 7.52. The van der Waals surface area contributed by atoms with Crippen molar-refractivity contribution in [2.45, 2.75) is 25.4 Å². The van der Waals surface area contributed by atoms with E-state index in [0.29, 0.717) is 6.54 Å². The third-order valence-electron chi connectivity index (χ3n) is 4.52. The average Bonchev–Trinajstić information content (AvgIpc) is 3.30.